The van der Waals surface area contributed by atoms with Gasteiger partial charge in [-0.25, -0.2) is 0 Å². The molecule has 4 aliphatic carbocycles. The summed E-state index contributed by atoms with van der Waals surface area (Å²) in [6.45, 7) is 9.60. The molecule has 4 aliphatic rings. The van der Waals surface area contributed by atoms with Gasteiger partial charge in [-0.05, 0) is 136 Å². The summed E-state index contributed by atoms with van der Waals surface area (Å²) in [5.41, 5.74) is 0.328. The lowest BCUT2D eigenvalue weighted by Gasteiger charge is -2.63. The molecule has 4 fully saturated rings. The molecule has 264 valence electrons. The molecular formula is C42H72O4. The molecule has 4 rings (SSSR count). The first kappa shape index (κ1) is 37.7. The van der Waals surface area contributed by atoms with Crippen LogP contribution in [0.15, 0.2) is 12.2 Å². The number of carbonyl (C=O) groups is 2. The van der Waals surface area contributed by atoms with E-state index < -0.39 is 5.97 Å². The van der Waals surface area contributed by atoms with Crippen molar-refractivity contribution >= 4 is 11.8 Å². The van der Waals surface area contributed by atoms with Crippen LogP contribution in [0.4, 0.5) is 0 Å². The predicted molar refractivity (Wildman–Crippen MR) is 191 cm³/mol. The molecule has 0 amide bonds. The van der Waals surface area contributed by atoms with Gasteiger partial charge < -0.3 is 10.2 Å². The second-order valence-corrected chi connectivity index (χ2v) is 17.1. The van der Waals surface area contributed by atoms with Crippen molar-refractivity contribution in [1.29, 1.82) is 0 Å². The number of aliphatic hydroxyl groups is 1. The van der Waals surface area contributed by atoms with Crippen molar-refractivity contribution in [3.8, 4) is 0 Å². The van der Waals surface area contributed by atoms with Crippen LogP contribution in [0, 0.1) is 52.3 Å². The second-order valence-electron chi connectivity index (χ2n) is 17.1. The molecule has 1 unspecified atom stereocenters. The van der Waals surface area contributed by atoms with E-state index >= 15 is 0 Å². The molecule has 0 radical (unpaired) electrons. The molecule has 4 saturated carbocycles. The number of fused-ring (bicyclic) bond motifs is 5. The van der Waals surface area contributed by atoms with E-state index in [-0.39, 0.29) is 23.9 Å². The number of rotatable bonds is 20. The minimum Gasteiger partial charge on any atom is -0.481 e. The number of Topliss-reactive ketones (excluding diaryl/α,β-unsaturated/α-hetero) is 1. The quantitative estimate of drug-likeness (QED) is 0.103. The van der Waals surface area contributed by atoms with Crippen LogP contribution in [0.25, 0.3) is 0 Å². The summed E-state index contributed by atoms with van der Waals surface area (Å²) in [6.07, 6.45) is 31.7. The summed E-state index contributed by atoms with van der Waals surface area (Å²) in [5, 5.41) is 20.3. The molecule has 4 nitrogen and oxygen atoms in total. The fourth-order valence-corrected chi connectivity index (χ4v) is 11.9. The van der Waals surface area contributed by atoms with Crippen LogP contribution in [0.3, 0.4) is 0 Å². The number of hydrogen-bond donors (Lipinski definition) is 2. The minimum absolute atomic E-state index is 0.0156. The lowest BCUT2D eigenvalue weighted by atomic mass is 9.41. The number of carbonyl (C=O) groups excluding carboxylic acids is 1. The number of hydrogen-bond acceptors (Lipinski definition) is 3. The van der Waals surface area contributed by atoms with E-state index in [4.69, 9.17) is 0 Å². The average Bonchev–Trinajstić information content (AvgIpc) is 3.39. The number of carboxylic acids is 1. The number of allylic oxidation sites excluding steroid dienone is 2. The molecule has 0 aliphatic heterocycles. The normalized spacial score (nSPS) is 36.2. The highest BCUT2D eigenvalue weighted by Crippen LogP contribution is 2.69. The highest BCUT2D eigenvalue weighted by molar-refractivity contribution is 5.82. The van der Waals surface area contributed by atoms with Crippen molar-refractivity contribution in [3.63, 3.8) is 0 Å². The zero-order chi connectivity index (χ0) is 33.2. The number of aliphatic hydroxyl groups excluding tert-OH is 1. The minimum atomic E-state index is -0.668. The van der Waals surface area contributed by atoms with Crippen LogP contribution >= 0.6 is 0 Å². The number of carboxylic acid groups (broad SMARTS) is 1. The zero-order valence-electron chi connectivity index (χ0n) is 30.5. The predicted octanol–water partition coefficient (Wildman–Crippen LogP) is 11.3. The Kier molecular flexibility index (Phi) is 14.7. The van der Waals surface area contributed by atoms with E-state index in [1.165, 1.54) is 103 Å². The topological polar surface area (TPSA) is 74.6 Å². The van der Waals surface area contributed by atoms with Crippen LogP contribution in [0.1, 0.15) is 182 Å². The zero-order valence-corrected chi connectivity index (χ0v) is 30.5. The first-order chi connectivity index (χ1) is 22.1. The summed E-state index contributed by atoms with van der Waals surface area (Å²) in [7, 11) is 0. The first-order valence-electron chi connectivity index (χ1n) is 20.2. The van der Waals surface area contributed by atoms with Crippen LogP contribution in [0.2, 0.25) is 0 Å². The van der Waals surface area contributed by atoms with E-state index in [2.05, 4.69) is 39.8 Å². The Hall–Kier alpha value is -1.16. The molecule has 0 spiro atoms. The molecule has 0 aromatic heterocycles. The van der Waals surface area contributed by atoms with Gasteiger partial charge in [-0.2, -0.15) is 0 Å². The molecule has 0 aromatic rings. The van der Waals surface area contributed by atoms with Crippen LogP contribution in [-0.4, -0.2) is 28.1 Å². The van der Waals surface area contributed by atoms with E-state index in [0.29, 0.717) is 59.5 Å². The van der Waals surface area contributed by atoms with Crippen molar-refractivity contribution in [2.24, 2.45) is 52.3 Å². The Labute approximate surface area is 283 Å². The molecule has 0 saturated heterocycles. The van der Waals surface area contributed by atoms with Gasteiger partial charge in [0.25, 0.3) is 0 Å². The monoisotopic (exact) mass is 641 g/mol. The maximum absolute atomic E-state index is 14.0. The third-order valence-electron chi connectivity index (χ3n) is 14.4. The van der Waals surface area contributed by atoms with Crippen molar-refractivity contribution in [3.05, 3.63) is 12.2 Å². The lowest BCUT2D eigenvalue weighted by molar-refractivity contribution is -0.169. The van der Waals surface area contributed by atoms with Crippen molar-refractivity contribution < 1.29 is 19.8 Å². The number of unbranched alkanes of at least 4 members (excludes halogenated alkanes) is 11. The largest absolute Gasteiger partial charge is 0.481 e. The van der Waals surface area contributed by atoms with Gasteiger partial charge in [0.1, 0.15) is 5.78 Å². The standard InChI is InChI=1S/C42H72O4/c1-5-6-7-8-9-10-11-12-13-14-15-16-17-18-19-20-39(44)38-30-33(43)29-32-22-23-34-36-25-24-35(31(2)21-26-40(45)46)41(36,3)28-27-37(34)42(32,38)4/h12-13,31-38,43H,5-11,14-30H2,1-4H3,(H,45,46)/b13-12-/t31-,32-,33+,34+,35-,36+,37+,38?,41-,42+/m1/s1. The molecule has 0 heterocycles. The van der Waals surface area contributed by atoms with E-state index in [9.17, 15) is 19.8 Å². The van der Waals surface area contributed by atoms with E-state index in [0.717, 1.165) is 32.1 Å². The SMILES string of the molecule is CCCCCCCC/C=C\CCCCCCCC(=O)C1C[C@@H](O)C[C@H]2CC[C@H]3[C@@H]4CC[C@H]([C@H](C)CCC(=O)O)[C@@]4(C)CC[C@@H]3[C@@]12C. The summed E-state index contributed by atoms with van der Waals surface area (Å²) < 4.78 is 0. The highest BCUT2D eigenvalue weighted by atomic mass is 16.4. The summed E-state index contributed by atoms with van der Waals surface area (Å²) in [6, 6.07) is 0. The van der Waals surface area contributed by atoms with Gasteiger partial charge >= 0.3 is 5.97 Å². The second kappa shape index (κ2) is 18.0. The van der Waals surface area contributed by atoms with Crippen molar-refractivity contribution in [2.45, 2.75) is 188 Å². The Bertz CT molecular complexity index is 973. The molecule has 0 aromatic carbocycles. The molecule has 10 atom stereocenters. The van der Waals surface area contributed by atoms with Gasteiger partial charge in [0.15, 0.2) is 0 Å². The molecule has 46 heavy (non-hydrogen) atoms. The Balaban J connectivity index is 1.24. The Morgan fingerprint density at radius 3 is 2.11 bits per heavy atom. The maximum atomic E-state index is 14.0. The lowest BCUT2D eigenvalue weighted by Crippen LogP contribution is -2.58. The van der Waals surface area contributed by atoms with Gasteiger partial charge in [-0.1, -0.05) is 91.2 Å². The number of aliphatic carboxylic acids is 1. The first-order valence-corrected chi connectivity index (χ1v) is 20.2. The van der Waals surface area contributed by atoms with E-state index in [1.54, 1.807) is 0 Å². The fourth-order valence-electron chi connectivity index (χ4n) is 11.9. The average molecular weight is 641 g/mol. The van der Waals surface area contributed by atoms with Gasteiger partial charge in [-0.3, -0.25) is 9.59 Å². The molecular weight excluding hydrogens is 568 g/mol. The van der Waals surface area contributed by atoms with Gasteiger partial charge in [0.05, 0.1) is 6.10 Å². The molecule has 4 heteroatoms. The highest BCUT2D eigenvalue weighted by Gasteiger charge is 2.63. The Morgan fingerprint density at radius 1 is 0.783 bits per heavy atom. The third-order valence-corrected chi connectivity index (χ3v) is 14.4. The Morgan fingerprint density at radius 2 is 1.43 bits per heavy atom. The fraction of sp³-hybridized carbons (Fsp3) is 0.905. The van der Waals surface area contributed by atoms with Crippen molar-refractivity contribution in [2.75, 3.05) is 0 Å². The summed E-state index contributed by atoms with van der Waals surface area (Å²) in [4.78, 5) is 25.3. The van der Waals surface area contributed by atoms with Crippen LogP contribution in [0.5, 0.6) is 0 Å². The van der Waals surface area contributed by atoms with E-state index in [1.807, 2.05) is 0 Å². The maximum Gasteiger partial charge on any atom is 0.303 e. The smallest absolute Gasteiger partial charge is 0.303 e. The third kappa shape index (κ3) is 9.09. The summed E-state index contributed by atoms with van der Waals surface area (Å²) in [5.74, 6) is 3.32. The van der Waals surface area contributed by atoms with Crippen molar-refractivity contribution in [1.82, 2.24) is 0 Å². The number of ketones is 1. The molecule has 2 N–H and O–H groups in total. The van der Waals surface area contributed by atoms with Crippen LogP contribution in [-0.2, 0) is 9.59 Å². The molecule has 0 bridgehead atoms. The summed E-state index contributed by atoms with van der Waals surface area (Å²) >= 11 is 0. The van der Waals surface area contributed by atoms with Crippen LogP contribution < -0.4 is 0 Å². The van der Waals surface area contributed by atoms with Gasteiger partial charge in [-0.15, -0.1) is 0 Å². The van der Waals surface area contributed by atoms with Gasteiger partial charge in [0.2, 0.25) is 0 Å². The van der Waals surface area contributed by atoms with Gasteiger partial charge in [0, 0.05) is 18.8 Å².